The van der Waals surface area contributed by atoms with Gasteiger partial charge in [-0.05, 0) is 42.0 Å². The highest BCUT2D eigenvalue weighted by Crippen LogP contribution is 2.43. The van der Waals surface area contributed by atoms with Crippen molar-refractivity contribution in [2.45, 2.75) is 24.9 Å². The van der Waals surface area contributed by atoms with Crippen LogP contribution in [0.15, 0.2) is 29.8 Å². The van der Waals surface area contributed by atoms with Crippen LogP contribution < -0.4 is 10.5 Å². The van der Waals surface area contributed by atoms with Crippen LogP contribution in [0.5, 0.6) is 5.75 Å². The van der Waals surface area contributed by atoms with E-state index in [9.17, 15) is 4.79 Å². The Balaban J connectivity index is 0.00000210. The molecule has 1 spiro atoms. The molecule has 27 heavy (non-hydrogen) atoms. The first-order valence-corrected chi connectivity index (χ1v) is 9.89. The average Bonchev–Trinajstić information content (AvgIpc) is 3.17. The summed E-state index contributed by atoms with van der Waals surface area (Å²) in [6, 6.07) is 5.72. The summed E-state index contributed by atoms with van der Waals surface area (Å²) in [5.41, 5.74) is 6.96. The highest BCUT2D eigenvalue weighted by Gasteiger charge is 2.42. The van der Waals surface area contributed by atoms with Crippen molar-refractivity contribution in [2.75, 3.05) is 32.8 Å². The van der Waals surface area contributed by atoms with E-state index in [1.165, 1.54) is 10.4 Å². The number of nitrogens with two attached hydrogens (primary N) is 1. The molecular weight excluding hydrogens is 386 g/mol. The summed E-state index contributed by atoms with van der Waals surface area (Å²) >= 11 is 1.81. The normalized spacial score (nSPS) is 17.9. The molecule has 0 radical (unpaired) electrons. The maximum Gasteiger partial charge on any atom is 0.276 e. The van der Waals surface area contributed by atoms with E-state index in [4.69, 9.17) is 15.2 Å². The predicted octanol–water partition coefficient (Wildman–Crippen LogP) is 2.61. The number of hydrogen-bond acceptors (Lipinski definition) is 6. The van der Waals surface area contributed by atoms with Crippen LogP contribution in [-0.2, 0) is 16.8 Å². The summed E-state index contributed by atoms with van der Waals surface area (Å²) in [6.45, 7) is 2.83. The summed E-state index contributed by atoms with van der Waals surface area (Å²) in [7, 11) is 0. The third-order valence-corrected chi connectivity index (χ3v) is 6.13. The van der Waals surface area contributed by atoms with Gasteiger partial charge in [-0.2, -0.15) is 0 Å². The Kier molecular flexibility index (Phi) is 6.37. The van der Waals surface area contributed by atoms with Crippen LogP contribution in [0.1, 0.15) is 33.8 Å². The minimum atomic E-state index is -0.229. The topological polar surface area (TPSA) is 77.7 Å². The minimum absolute atomic E-state index is 0. The molecule has 6 nitrogen and oxygen atoms in total. The van der Waals surface area contributed by atoms with Gasteiger partial charge in [-0.25, -0.2) is 4.98 Å². The van der Waals surface area contributed by atoms with Gasteiger partial charge >= 0.3 is 0 Å². The molecule has 146 valence electrons. The van der Waals surface area contributed by atoms with E-state index in [0.29, 0.717) is 37.7 Å². The first kappa shape index (κ1) is 20.1. The first-order chi connectivity index (χ1) is 12.7. The van der Waals surface area contributed by atoms with Crippen molar-refractivity contribution >= 4 is 29.7 Å². The van der Waals surface area contributed by atoms with Crippen LogP contribution >= 0.6 is 23.7 Å². The number of halogens is 1. The maximum absolute atomic E-state index is 13.0. The number of carbonyl (C=O) groups excluding carboxylic acids is 1. The monoisotopic (exact) mass is 409 g/mol. The molecule has 1 saturated heterocycles. The Morgan fingerprint density at radius 3 is 2.96 bits per heavy atom. The fourth-order valence-corrected chi connectivity index (χ4v) is 4.78. The van der Waals surface area contributed by atoms with E-state index in [1.807, 2.05) is 16.2 Å². The molecule has 0 aromatic carbocycles. The number of piperidine rings is 1. The van der Waals surface area contributed by atoms with E-state index < -0.39 is 0 Å². The van der Waals surface area contributed by atoms with Crippen LogP contribution in [0.25, 0.3) is 0 Å². The number of rotatable bonds is 4. The first-order valence-electron chi connectivity index (χ1n) is 9.01. The van der Waals surface area contributed by atoms with Crippen LogP contribution in [0.3, 0.4) is 0 Å². The SMILES string of the molecule is Cl.NCCOc1cccnc1C(=O)N1CCC2(CC1)OCCc1sccc12. The molecule has 2 aliphatic heterocycles. The van der Waals surface area contributed by atoms with E-state index in [1.54, 1.807) is 18.3 Å². The summed E-state index contributed by atoms with van der Waals surface area (Å²) in [6.07, 6.45) is 4.24. The number of carbonyl (C=O) groups is 1. The van der Waals surface area contributed by atoms with Gasteiger partial charge in [-0.15, -0.1) is 23.7 Å². The number of hydrogen-bond donors (Lipinski definition) is 1. The molecular formula is C19H24ClN3O3S. The van der Waals surface area contributed by atoms with E-state index in [0.717, 1.165) is 25.9 Å². The van der Waals surface area contributed by atoms with Crippen molar-refractivity contribution in [3.63, 3.8) is 0 Å². The standard InChI is InChI=1S/C19H23N3O3S.ClH/c20-7-12-24-15-2-1-8-21-17(15)18(23)22-9-5-19(6-10-22)14-4-13-26-16(14)3-11-25-19;/h1-2,4,8,13H,3,5-7,9-12,20H2;1H. The molecule has 0 saturated carbocycles. The van der Waals surface area contributed by atoms with Crippen molar-refractivity contribution in [1.82, 2.24) is 9.88 Å². The number of pyridine rings is 1. The third kappa shape index (κ3) is 3.82. The maximum atomic E-state index is 13.0. The lowest BCUT2D eigenvalue weighted by molar-refractivity contribution is -0.0927. The Labute approximate surface area is 169 Å². The number of ether oxygens (including phenoxy) is 2. The Bertz CT molecular complexity index is 790. The highest BCUT2D eigenvalue weighted by atomic mass is 35.5. The Hall–Kier alpha value is -1.67. The molecule has 8 heteroatoms. The van der Waals surface area contributed by atoms with E-state index in [-0.39, 0.29) is 23.9 Å². The second-order valence-corrected chi connectivity index (χ2v) is 7.63. The molecule has 4 heterocycles. The zero-order chi connectivity index (χ0) is 18.0. The van der Waals surface area contributed by atoms with Gasteiger partial charge in [0.05, 0.1) is 12.2 Å². The number of nitrogens with zero attached hydrogens (tertiary/aromatic N) is 2. The Morgan fingerprint density at radius 1 is 1.37 bits per heavy atom. The molecule has 0 aliphatic carbocycles. The predicted molar refractivity (Wildman–Crippen MR) is 107 cm³/mol. The average molecular weight is 410 g/mol. The summed E-state index contributed by atoms with van der Waals surface area (Å²) in [5.74, 6) is 0.408. The lowest BCUT2D eigenvalue weighted by atomic mass is 9.82. The van der Waals surface area contributed by atoms with Gasteiger partial charge in [0.2, 0.25) is 0 Å². The van der Waals surface area contributed by atoms with Crippen molar-refractivity contribution in [1.29, 1.82) is 0 Å². The second kappa shape index (κ2) is 8.56. The summed E-state index contributed by atoms with van der Waals surface area (Å²) in [4.78, 5) is 20.5. The Morgan fingerprint density at radius 2 is 2.19 bits per heavy atom. The largest absolute Gasteiger partial charge is 0.490 e. The van der Waals surface area contributed by atoms with Crippen molar-refractivity contribution in [3.05, 3.63) is 45.9 Å². The van der Waals surface area contributed by atoms with Gasteiger partial charge in [0.15, 0.2) is 11.4 Å². The quantitative estimate of drug-likeness (QED) is 0.839. The minimum Gasteiger partial charge on any atom is -0.490 e. The van der Waals surface area contributed by atoms with Crippen molar-refractivity contribution < 1.29 is 14.3 Å². The molecule has 0 unspecified atom stereocenters. The number of fused-ring (bicyclic) bond motifs is 2. The molecule has 1 amide bonds. The van der Waals surface area contributed by atoms with Crippen molar-refractivity contribution in [2.24, 2.45) is 5.73 Å². The molecule has 2 N–H and O–H groups in total. The van der Waals surface area contributed by atoms with Gasteiger partial charge < -0.3 is 20.1 Å². The van der Waals surface area contributed by atoms with Crippen LogP contribution in [-0.4, -0.2) is 48.6 Å². The third-order valence-electron chi connectivity index (χ3n) is 5.15. The fourth-order valence-electron chi connectivity index (χ4n) is 3.83. The second-order valence-electron chi connectivity index (χ2n) is 6.63. The van der Waals surface area contributed by atoms with Gasteiger partial charge in [0.1, 0.15) is 6.61 Å². The highest BCUT2D eigenvalue weighted by molar-refractivity contribution is 7.10. The summed E-state index contributed by atoms with van der Waals surface area (Å²) in [5, 5.41) is 2.15. The number of thiophene rings is 1. The zero-order valence-electron chi connectivity index (χ0n) is 15.1. The number of aromatic nitrogens is 1. The molecule has 4 rings (SSSR count). The van der Waals surface area contributed by atoms with Gasteiger partial charge in [-0.3, -0.25) is 4.79 Å². The molecule has 0 atom stereocenters. The molecule has 2 aliphatic rings. The zero-order valence-corrected chi connectivity index (χ0v) is 16.7. The molecule has 0 bridgehead atoms. The summed E-state index contributed by atoms with van der Waals surface area (Å²) < 4.78 is 11.8. The fraction of sp³-hybridized carbons (Fsp3) is 0.474. The van der Waals surface area contributed by atoms with Crippen LogP contribution in [0.4, 0.5) is 0 Å². The van der Waals surface area contributed by atoms with Gasteiger partial charge in [0, 0.05) is 37.1 Å². The van der Waals surface area contributed by atoms with Gasteiger partial charge in [0.25, 0.3) is 5.91 Å². The van der Waals surface area contributed by atoms with Gasteiger partial charge in [-0.1, -0.05) is 0 Å². The molecule has 2 aromatic heterocycles. The smallest absolute Gasteiger partial charge is 0.276 e. The van der Waals surface area contributed by atoms with Crippen molar-refractivity contribution in [3.8, 4) is 5.75 Å². The van der Waals surface area contributed by atoms with E-state index in [2.05, 4.69) is 16.4 Å². The van der Waals surface area contributed by atoms with E-state index >= 15 is 0 Å². The lowest BCUT2D eigenvalue weighted by Gasteiger charge is -2.44. The van der Waals surface area contributed by atoms with Crippen LogP contribution in [0.2, 0.25) is 0 Å². The lowest BCUT2D eigenvalue weighted by Crippen LogP contribution is -2.48. The van der Waals surface area contributed by atoms with Crippen LogP contribution in [0, 0.1) is 0 Å². The number of likely N-dealkylation sites (tertiary alicyclic amines) is 1. The molecule has 2 aromatic rings. The molecule has 1 fully saturated rings. The number of amides is 1.